The number of aryl methyl sites for hydroxylation is 1. The van der Waals surface area contributed by atoms with Crippen LogP contribution in [0.15, 0.2) is 12.4 Å². The maximum atomic E-state index is 11.7. The van der Waals surface area contributed by atoms with Gasteiger partial charge in [0.1, 0.15) is 12.4 Å². The average molecular weight is 255 g/mol. The molecule has 1 aromatic rings. The van der Waals surface area contributed by atoms with E-state index in [-0.39, 0.29) is 12.5 Å². The van der Waals surface area contributed by atoms with Crippen LogP contribution in [0.5, 0.6) is 0 Å². The fraction of sp³-hybridized carbons (Fsp3) is 0.692. The minimum Gasteiger partial charge on any atom is -0.433 e. The van der Waals surface area contributed by atoms with Gasteiger partial charge in [-0.05, 0) is 13.3 Å². The van der Waals surface area contributed by atoms with Crippen LogP contribution in [0.1, 0.15) is 32.5 Å². The summed E-state index contributed by atoms with van der Waals surface area (Å²) >= 11 is 0. The summed E-state index contributed by atoms with van der Waals surface area (Å²) in [6.07, 6.45) is 5.34. The van der Waals surface area contributed by atoms with E-state index in [9.17, 15) is 4.79 Å². The van der Waals surface area contributed by atoms with Crippen molar-refractivity contribution in [2.24, 2.45) is 7.05 Å². The first-order chi connectivity index (χ1) is 8.54. The fourth-order valence-corrected chi connectivity index (χ4v) is 1.56. The molecule has 1 unspecified atom stereocenters. The van der Waals surface area contributed by atoms with Gasteiger partial charge in [-0.15, -0.1) is 0 Å². The second-order valence-corrected chi connectivity index (χ2v) is 4.37. The van der Waals surface area contributed by atoms with Crippen molar-refractivity contribution in [2.75, 3.05) is 6.61 Å². The normalized spacial score (nSPS) is 12.4. The Labute approximate surface area is 108 Å². The maximum Gasteiger partial charge on any atom is 0.350 e. The molecule has 0 saturated heterocycles. The zero-order valence-corrected chi connectivity index (χ0v) is 11.7. The highest BCUT2D eigenvalue weighted by molar-refractivity contribution is 5.69. The number of esters is 1. The van der Waals surface area contributed by atoms with E-state index in [1.807, 2.05) is 35.5 Å². The molecule has 0 aliphatic heterocycles. The first-order valence-electron chi connectivity index (χ1n) is 6.37. The van der Waals surface area contributed by atoms with E-state index in [0.717, 1.165) is 18.7 Å². The number of rotatable bonds is 7. The zero-order chi connectivity index (χ0) is 13.5. The van der Waals surface area contributed by atoms with Gasteiger partial charge in [0.2, 0.25) is 0 Å². The van der Waals surface area contributed by atoms with Gasteiger partial charge in [-0.2, -0.15) is 0 Å². The van der Waals surface area contributed by atoms with E-state index in [4.69, 9.17) is 9.47 Å². The highest BCUT2D eigenvalue weighted by Gasteiger charge is 2.16. The topological polar surface area (TPSA) is 44.3 Å². The van der Waals surface area contributed by atoms with Crippen molar-refractivity contribution in [3.63, 3.8) is 0 Å². The third kappa shape index (κ3) is 4.49. The molecule has 1 heterocycles. The molecule has 0 aliphatic carbocycles. The highest BCUT2D eigenvalue weighted by Crippen LogP contribution is 2.00. The fourth-order valence-electron chi connectivity index (χ4n) is 1.56. The van der Waals surface area contributed by atoms with Crippen LogP contribution >= 0.6 is 0 Å². The molecule has 0 amide bonds. The van der Waals surface area contributed by atoms with Crippen LogP contribution < -0.4 is 4.57 Å². The van der Waals surface area contributed by atoms with Gasteiger partial charge in [0, 0.05) is 6.92 Å². The summed E-state index contributed by atoms with van der Waals surface area (Å²) in [5.41, 5.74) is 0. The molecular weight excluding hydrogens is 232 g/mol. The van der Waals surface area contributed by atoms with Crippen LogP contribution in [0.25, 0.3) is 0 Å². The SMILES string of the molecule is CCCCOC(C)OC(=O)Cn1cc[n+](C)c1C. The molecule has 0 aromatic carbocycles. The Morgan fingerprint density at radius 1 is 1.56 bits per heavy atom. The van der Waals surface area contributed by atoms with Crippen LogP contribution in [-0.2, 0) is 27.9 Å². The van der Waals surface area contributed by atoms with E-state index in [2.05, 4.69) is 6.92 Å². The summed E-state index contributed by atoms with van der Waals surface area (Å²) in [5.74, 6) is 0.727. The quantitative estimate of drug-likeness (QED) is 0.319. The summed E-state index contributed by atoms with van der Waals surface area (Å²) in [7, 11) is 1.94. The van der Waals surface area contributed by atoms with Gasteiger partial charge in [-0.1, -0.05) is 13.3 Å². The summed E-state index contributed by atoms with van der Waals surface area (Å²) in [5, 5.41) is 0. The number of carbonyl (C=O) groups excluding carboxylic acids is 1. The third-order valence-corrected chi connectivity index (χ3v) is 2.84. The van der Waals surface area contributed by atoms with Gasteiger partial charge in [0.15, 0.2) is 12.8 Å². The largest absolute Gasteiger partial charge is 0.433 e. The molecule has 0 N–H and O–H groups in total. The lowest BCUT2D eigenvalue weighted by molar-refractivity contribution is -0.677. The van der Waals surface area contributed by atoms with Crippen LogP contribution in [0.2, 0.25) is 0 Å². The van der Waals surface area contributed by atoms with Crippen molar-refractivity contribution in [3.8, 4) is 0 Å². The smallest absolute Gasteiger partial charge is 0.350 e. The predicted octanol–water partition coefficient (Wildman–Crippen LogP) is 1.33. The molecule has 1 aromatic heterocycles. The lowest BCUT2D eigenvalue weighted by Crippen LogP contribution is -2.31. The Hall–Kier alpha value is -1.36. The molecule has 0 bridgehead atoms. The summed E-state index contributed by atoms with van der Waals surface area (Å²) in [6.45, 7) is 6.63. The molecule has 18 heavy (non-hydrogen) atoms. The number of hydrogen-bond acceptors (Lipinski definition) is 3. The molecule has 5 heteroatoms. The van der Waals surface area contributed by atoms with Gasteiger partial charge < -0.3 is 9.47 Å². The van der Waals surface area contributed by atoms with E-state index >= 15 is 0 Å². The Morgan fingerprint density at radius 3 is 2.83 bits per heavy atom. The third-order valence-electron chi connectivity index (χ3n) is 2.84. The number of unbranched alkanes of at least 4 members (excludes halogenated alkanes) is 1. The monoisotopic (exact) mass is 255 g/mol. The molecule has 0 aliphatic rings. The first kappa shape index (κ1) is 14.7. The van der Waals surface area contributed by atoms with Crippen molar-refractivity contribution in [1.29, 1.82) is 0 Å². The van der Waals surface area contributed by atoms with Gasteiger partial charge >= 0.3 is 5.97 Å². The molecular formula is C13H23N2O3+. The van der Waals surface area contributed by atoms with E-state index in [1.54, 1.807) is 6.92 Å². The van der Waals surface area contributed by atoms with Gasteiger partial charge in [-0.3, -0.25) is 0 Å². The van der Waals surface area contributed by atoms with Gasteiger partial charge in [0.25, 0.3) is 5.82 Å². The van der Waals surface area contributed by atoms with E-state index < -0.39 is 6.29 Å². The Balaban J connectivity index is 2.35. The molecule has 0 radical (unpaired) electrons. The first-order valence-corrected chi connectivity index (χ1v) is 6.37. The standard InChI is InChI=1S/C13H23N2O3/c1-5-6-9-17-12(3)18-13(16)10-15-8-7-14(4)11(15)2/h7-8,12H,5-6,9-10H2,1-4H3/q+1. The number of imidazole rings is 1. The lowest BCUT2D eigenvalue weighted by atomic mass is 10.4. The van der Waals surface area contributed by atoms with Crippen molar-refractivity contribution >= 4 is 5.97 Å². The summed E-state index contributed by atoms with van der Waals surface area (Å²) in [6, 6.07) is 0. The van der Waals surface area contributed by atoms with E-state index in [0.29, 0.717) is 6.61 Å². The summed E-state index contributed by atoms with van der Waals surface area (Å²) in [4.78, 5) is 11.7. The molecule has 0 spiro atoms. The second kappa shape index (κ2) is 7.16. The van der Waals surface area contributed by atoms with Crippen LogP contribution in [0.4, 0.5) is 0 Å². The van der Waals surface area contributed by atoms with Crippen LogP contribution in [0.3, 0.4) is 0 Å². The van der Waals surface area contributed by atoms with Crippen LogP contribution in [0, 0.1) is 6.92 Å². The Morgan fingerprint density at radius 2 is 2.28 bits per heavy atom. The Kier molecular flexibility index (Phi) is 5.85. The van der Waals surface area contributed by atoms with Crippen molar-refractivity contribution < 1.29 is 18.8 Å². The van der Waals surface area contributed by atoms with Gasteiger partial charge in [-0.25, -0.2) is 13.9 Å². The van der Waals surface area contributed by atoms with E-state index in [1.165, 1.54) is 0 Å². The predicted molar refractivity (Wildman–Crippen MR) is 66.8 cm³/mol. The maximum absolute atomic E-state index is 11.7. The van der Waals surface area contributed by atoms with Gasteiger partial charge in [0.05, 0.1) is 13.7 Å². The lowest BCUT2D eigenvalue weighted by Gasteiger charge is -2.13. The molecule has 0 fully saturated rings. The van der Waals surface area contributed by atoms with Crippen molar-refractivity contribution in [3.05, 3.63) is 18.2 Å². The van der Waals surface area contributed by atoms with Crippen molar-refractivity contribution in [1.82, 2.24) is 4.57 Å². The summed E-state index contributed by atoms with van der Waals surface area (Å²) < 4.78 is 14.3. The minimum atomic E-state index is -0.478. The number of nitrogens with zero attached hydrogens (tertiary/aromatic N) is 2. The zero-order valence-electron chi connectivity index (χ0n) is 11.7. The molecule has 102 valence electrons. The number of aromatic nitrogens is 2. The average Bonchev–Trinajstić information content (AvgIpc) is 2.61. The minimum absolute atomic E-state index is 0.216. The molecule has 0 saturated carbocycles. The number of ether oxygens (including phenoxy) is 2. The molecule has 1 atom stereocenters. The highest BCUT2D eigenvalue weighted by atomic mass is 16.7. The number of carbonyl (C=O) groups is 1. The second-order valence-electron chi connectivity index (χ2n) is 4.37. The Bertz CT molecular complexity index is 388. The van der Waals surface area contributed by atoms with Crippen molar-refractivity contribution in [2.45, 2.75) is 46.4 Å². The number of hydrogen-bond donors (Lipinski definition) is 0. The molecule has 5 nitrogen and oxygen atoms in total. The van der Waals surface area contributed by atoms with Crippen LogP contribution in [-0.4, -0.2) is 23.4 Å². The molecule has 1 rings (SSSR count).